The van der Waals surface area contributed by atoms with Gasteiger partial charge in [0.2, 0.25) is 0 Å². The lowest BCUT2D eigenvalue weighted by Gasteiger charge is -2.30. The molecule has 1 atom stereocenters. The molecule has 3 aromatic heterocycles. The fraction of sp³-hybridized carbons (Fsp3) is 0.367. The second-order valence-corrected chi connectivity index (χ2v) is 11.7. The van der Waals surface area contributed by atoms with Crippen LogP contribution in [0, 0.1) is 41.3 Å². The number of halogens is 1. The molecule has 0 aliphatic heterocycles. The molecule has 1 saturated carbocycles. The first-order valence-corrected chi connectivity index (χ1v) is 14.3. The Bertz CT molecular complexity index is 1690. The van der Waals surface area contributed by atoms with E-state index in [-0.39, 0.29) is 29.6 Å². The van der Waals surface area contributed by atoms with Crippen LogP contribution in [0.15, 0.2) is 52.6 Å². The number of carbonyl (C=O) groups is 1. The molecule has 0 radical (unpaired) electrons. The van der Waals surface area contributed by atoms with Crippen molar-refractivity contribution in [3.63, 3.8) is 0 Å². The molecule has 11 heteroatoms. The van der Waals surface area contributed by atoms with Crippen molar-refractivity contribution in [3.05, 3.63) is 65.5 Å². The predicted molar refractivity (Wildman–Crippen MR) is 151 cm³/mol. The molecule has 1 unspecified atom stereocenters. The molecular weight excluding hydrogens is 541 g/mol. The second-order valence-electron chi connectivity index (χ2n) is 10.6. The maximum absolute atomic E-state index is 13.8. The van der Waals surface area contributed by atoms with Gasteiger partial charge in [-0.15, -0.1) is 0 Å². The van der Waals surface area contributed by atoms with Crippen molar-refractivity contribution in [2.24, 2.45) is 11.7 Å². The van der Waals surface area contributed by atoms with Crippen molar-refractivity contribution in [1.82, 2.24) is 19.4 Å². The molecular formula is C30H30FN7O2S. The third-order valence-corrected chi connectivity index (χ3v) is 8.70. The molecule has 5 rings (SSSR count). The molecule has 3 heterocycles. The Morgan fingerprint density at radius 1 is 1.10 bits per heavy atom. The summed E-state index contributed by atoms with van der Waals surface area (Å²) in [7, 11) is 0. The number of pyridine rings is 1. The van der Waals surface area contributed by atoms with Crippen LogP contribution in [0.5, 0.6) is 0 Å². The molecule has 1 aliphatic rings. The zero-order valence-electron chi connectivity index (χ0n) is 23.0. The van der Waals surface area contributed by atoms with E-state index in [2.05, 4.69) is 17.2 Å². The van der Waals surface area contributed by atoms with Crippen molar-refractivity contribution >= 4 is 23.2 Å². The number of carbonyl (C=O) groups excluding carboxylic acids is 1. The Morgan fingerprint density at radius 2 is 1.83 bits per heavy atom. The van der Waals surface area contributed by atoms with Gasteiger partial charge in [-0.05, 0) is 62.8 Å². The van der Waals surface area contributed by atoms with E-state index in [1.54, 1.807) is 10.6 Å². The zero-order chi connectivity index (χ0) is 29.3. The highest BCUT2D eigenvalue weighted by Crippen LogP contribution is 2.39. The highest BCUT2D eigenvalue weighted by Gasteiger charge is 2.29. The lowest BCUT2D eigenvalue weighted by Crippen LogP contribution is -2.39. The van der Waals surface area contributed by atoms with Gasteiger partial charge in [0.15, 0.2) is 0 Å². The van der Waals surface area contributed by atoms with Gasteiger partial charge in [-0.2, -0.15) is 20.7 Å². The molecule has 9 nitrogen and oxygen atoms in total. The van der Waals surface area contributed by atoms with Crippen LogP contribution in [-0.4, -0.2) is 37.5 Å². The van der Waals surface area contributed by atoms with E-state index in [9.17, 15) is 19.7 Å². The predicted octanol–water partition coefficient (Wildman–Crippen LogP) is 5.55. The van der Waals surface area contributed by atoms with Gasteiger partial charge in [0.1, 0.15) is 30.1 Å². The van der Waals surface area contributed by atoms with Crippen LogP contribution in [0.25, 0.3) is 16.6 Å². The molecule has 210 valence electrons. The smallest absolute Gasteiger partial charge is 0.323 e. The average molecular weight is 572 g/mol. The Balaban J connectivity index is 1.41. The highest BCUT2D eigenvalue weighted by atomic mass is 32.2. The van der Waals surface area contributed by atoms with Crippen LogP contribution in [0.3, 0.4) is 0 Å². The van der Waals surface area contributed by atoms with Crippen molar-refractivity contribution in [1.29, 1.82) is 10.5 Å². The second kappa shape index (κ2) is 11.7. The van der Waals surface area contributed by atoms with E-state index >= 15 is 0 Å². The molecule has 2 N–H and O–H groups in total. The van der Waals surface area contributed by atoms with Gasteiger partial charge in [0, 0.05) is 32.8 Å². The van der Waals surface area contributed by atoms with Gasteiger partial charge in [-0.1, -0.05) is 25.6 Å². The Labute approximate surface area is 241 Å². The third-order valence-electron chi connectivity index (χ3n) is 7.60. The summed E-state index contributed by atoms with van der Waals surface area (Å²) in [5, 5.41) is 28.4. The highest BCUT2D eigenvalue weighted by molar-refractivity contribution is 7.99. The number of nitriles is 2. The quantitative estimate of drug-likeness (QED) is 0.285. The molecule has 0 amide bonds. The molecule has 41 heavy (non-hydrogen) atoms. The van der Waals surface area contributed by atoms with Crippen molar-refractivity contribution in [2.75, 3.05) is 0 Å². The lowest BCUT2D eigenvalue weighted by molar-refractivity contribution is -0.153. The summed E-state index contributed by atoms with van der Waals surface area (Å²) in [6.07, 6.45) is 8.18. The number of rotatable bonds is 7. The van der Waals surface area contributed by atoms with Gasteiger partial charge in [-0.25, -0.2) is 8.91 Å². The van der Waals surface area contributed by atoms with Gasteiger partial charge in [0.25, 0.3) is 0 Å². The first-order valence-electron chi connectivity index (χ1n) is 13.5. The number of hydrogen-bond acceptors (Lipinski definition) is 8. The largest absolute Gasteiger partial charge is 0.461 e. The van der Waals surface area contributed by atoms with Crippen LogP contribution in [0.2, 0.25) is 0 Å². The summed E-state index contributed by atoms with van der Waals surface area (Å²) in [4.78, 5) is 13.6. The first-order chi connectivity index (χ1) is 19.7. The third kappa shape index (κ3) is 5.69. The van der Waals surface area contributed by atoms with Crippen LogP contribution >= 0.6 is 11.8 Å². The number of benzene rings is 1. The van der Waals surface area contributed by atoms with Crippen molar-refractivity contribution in [3.8, 4) is 23.3 Å². The fourth-order valence-electron chi connectivity index (χ4n) is 5.19. The van der Waals surface area contributed by atoms with E-state index in [4.69, 9.17) is 15.6 Å². The summed E-state index contributed by atoms with van der Waals surface area (Å²) in [5.74, 6) is -0.800. The Morgan fingerprint density at radius 3 is 2.51 bits per heavy atom. The van der Waals surface area contributed by atoms with Crippen LogP contribution in [0.4, 0.5) is 4.39 Å². The summed E-state index contributed by atoms with van der Waals surface area (Å²) >= 11 is 1.29. The summed E-state index contributed by atoms with van der Waals surface area (Å²) in [5.41, 5.74) is 9.93. The number of hydrogen-bond donors (Lipinski definition) is 1. The van der Waals surface area contributed by atoms with Crippen LogP contribution in [-0.2, 0) is 9.53 Å². The number of nitrogens with two attached hydrogens (primary N) is 1. The number of fused-ring (bicyclic) bond motifs is 1. The van der Waals surface area contributed by atoms with Gasteiger partial charge in [0.05, 0.1) is 35.1 Å². The van der Waals surface area contributed by atoms with E-state index in [0.29, 0.717) is 20.9 Å². The summed E-state index contributed by atoms with van der Waals surface area (Å²) in [6.45, 7) is 5.83. The molecule has 4 aromatic rings. The Hall–Kier alpha value is -4.19. The molecule has 0 bridgehead atoms. The van der Waals surface area contributed by atoms with Crippen LogP contribution < -0.4 is 5.73 Å². The number of esters is 1. The van der Waals surface area contributed by atoms with Crippen molar-refractivity contribution < 1.29 is 13.9 Å². The molecule has 1 fully saturated rings. The number of aromatic nitrogens is 4. The topological polar surface area (TPSA) is 135 Å². The van der Waals surface area contributed by atoms with Gasteiger partial charge in [-0.3, -0.25) is 9.48 Å². The van der Waals surface area contributed by atoms with Gasteiger partial charge < -0.3 is 10.5 Å². The maximum atomic E-state index is 13.8. The number of nitrogens with zero attached hydrogens (tertiary/aromatic N) is 6. The standard InChI is InChI=1S/C30H30FN7O2S/c1-17(2)28(34)30(39)40-24-7-5-23(6-8-24)38-18(3)25(15-36-38)20-11-27(29-21(13-33)14-35-37(29)16-20)41-26-9-4-22(31)10-19(26)12-32/h4,9-11,14-17,23-24,28H,5-8,34H2,1-3H3. The molecule has 0 spiro atoms. The maximum Gasteiger partial charge on any atom is 0.323 e. The number of ether oxygens (including phenoxy) is 1. The van der Waals surface area contributed by atoms with E-state index in [0.717, 1.165) is 42.5 Å². The lowest BCUT2D eigenvalue weighted by atomic mass is 9.92. The summed E-state index contributed by atoms with van der Waals surface area (Å²) < 4.78 is 23.1. The van der Waals surface area contributed by atoms with Crippen molar-refractivity contribution in [2.45, 2.75) is 74.4 Å². The van der Waals surface area contributed by atoms with Crippen LogP contribution in [0.1, 0.15) is 62.4 Å². The minimum atomic E-state index is -0.613. The Kier molecular flexibility index (Phi) is 8.11. The van der Waals surface area contributed by atoms with E-state index in [1.165, 1.54) is 30.1 Å². The monoisotopic (exact) mass is 571 g/mol. The SMILES string of the molecule is Cc1c(-c2cc(Sc3ccc(F)cc3C#N)c3c(C#N)cnn3c2)cnn1C1CCC(OC(=O)C(N)C(C)C)CC1. The molecule has 0 saturated heterocycles. The normalized spacial score (nSPS) is 17.8. The van der Waals surface area contributed by atoms with Gasteiger partial charge >= 0.3 is 5.97 Å². The summed E-state index contributed by atoms with van der Waals surface area (Å²) in [6, 6.07) is 9.82. The fourth-order valence-corrected chi connectivity index (χ4v) is 6.26. The molecule has 1 aliphatic carbocycles. The van der Waals surface area contributed by atoms with E-state index in [1.807, 2.05) is 43.9 Å². The molecule has 1 aromatic carbocycles. The minimum Gasteiger partial charge on any atom is -0.461 e. The first kappa shape index (κ1) is 28.3. The zero-order valence-corrected chi connectivity index (χ0v) is 23.9. The average Bonchev–Trinajstić information content (AvgIpc) is 3.57. The van der Waals surface area contributed by atoms with E-state index < -0.39 is 11.9 Å². The minimum absolute atomic E-state index is 0.0273.